The second kappa shape index (κ2) is 5.52. The molecule has 2 nitrogen and oxygen atoms in total. The van der Waals surface area contributed by atoms with Crippen LogP contribution in [0.2, 0.25) is 0 Å². The van der Waals surface area contributed by atoms with Crippen LogP contribution in [0, 0.1) is 18.2 Å². The van der Waals surface area contributed by atoms with Crippen molar-refractivity contribution in [1.29, 1.82) is 0 Å². The van der Waals surface area contributed by atoms with Crippen LogP contribution in [0.3, 0.4) is 0 Å². The molecular formula is C11H9BrFNO. The summed E-state index contributed by atoms with van der Waals surface area (Å²) in [7, 11) is 0. The lowest BCUT2D eigenvalue weighted by Gasteiger charge is -2.04. The quantitative estimate of drug-likeness (QED) is 0.663. The van der Waals surface area contributed by atoms with Crippen LogP contribution in [0.4, 0.5) is 4.39 Å². The van der Waals surface area contributed by atoms with E-state index in [0.717, 1.165) is 0 Å². The second-order valence-corrected chi connectivity index (χ2v) is 3.67. The van der Waals surface area contributed by atoms with Crippen molar-refractivity contribution in [3.05, 3.63) is 34.1 Å². The van der Waals surface area contributed by atoms with Gasteiger partial charge in [-0.1, -0.05) is 6.07 Å². The second-order valence-electron chi connectivity index (χ2n) is 2.81. The Balaban J connectivity index is 2.75. The number of hydrogen-bond donors (Lipinski definition) is 1. The van der Waals surface area contributed by atoms with Crippen molar-refractivity contribution >= 4 is 21.8 Å². The van der Waals surface area contributed by atoms with Crippen LogP contribution in [-0.4, -0.2) is 12.5 Å². The molecule has 0 radical (unpaired) electrons. The molecule has 0 aliphatic heterocycles. The van der Waals surface area contributed by atoms with Gasteiger partial charge in [-0.15, -0.1) is 12.3 Å². The summed E-state index contributed by atoms with van der Waals surface area (Å²) in [6.45, 7) is 0.348. The number of nitrogens with one attached hydrogen (secondary N) is 1. The summed E-state index contributed by atoms with van der Waals surface area (Å²) < 4.78 is 13.7. The minimum absolute atomic E-state index is 0.0152. The van der Waals surface area contributed by atoms with Crippen LogP contribution < -0.4 is 5.32 Å². The Kier molecular flexibility index (Phi) is 4.32. The normalized spacial score (nSPS) is 9.40. The molecule has 0 aromatic heterocycles. The zero-order chi connectivity index (χ0) is 11.3. The number of halogens is 2. The van der Waals surface area contributed by atoms with Gasteiger partial charge in [-0.3, -0.25) is 4.79 Å². The van der Waals surface area contributed by atoms with Crippen molar-refractivity contribution in [2.45, 2.75) is 6.42 Å². The third kappa shape index (κ3) is 3.07. The van der Waals surface area contributed by atoms with Crippen LogP contribution in [0.15, 0.2) is 22.7 Å². The van der Waals surface area contributed by atoms with Crippen molar-refractivity contribution in [2.75, 3.05) is 6.54 Å². The van der Waals surface area contributed by atoms with Crippen LogP contribution in [0.1, 0.15) is 16.8 Å². The molecule has 0 aliphatic rings. The molecule has 1 amide bonds. The molecule has 0 bridgehead atoms. The number of carbonyl (C=O) groups is 1. The molecule has 0 unspecified atom stereocenters. The maximum atomic E-state index is 13.4. The van der Waals surface area contributed by atoms with E-state index in [1.165, 1.54) is 12.1 Å². The van der Waals surface area contributed by atoms with Gasteiger partial charge in [-0.2, -0.15) is 0 Å². The first-order valence-electron chi connectivity index (χ1n) is 4.32. The van der Waals surface area contributed by atoms with Gasteiger partial charge in [-0.25, -0.2) is 4.39 Å². The molecule has 15 heavy (non-hydrogen) atoms. The Morgan fingerprint density at radius 2 is 2.33 bits per heavy atom. The molecule has 4 heteroatoms. The number of amides is 1. The van der Waals surface area contributed by atoms with Crippen molar-refractivity contribution in [2.24, 2.45) is 0 Å². The van der Waals surface area contributed by atoms with Gasteiger partial charge in [0.15, 0.2) is 0 Å². The van der Waals surface area contributed by atoms with Crippen LogP contribution in [-0.2, 0) is 0 Å². The summed E-state index contributed by atoms with van der Waals surface area (Å²) in [5, 5.41) is 2.53. The molecule has 0 heterocycles. The van der Waals surface area contributed by atoms with Crippen molar-refractivity contribution in [1.82, 2.24) is 5.32 Å². The largest absolute Gasteiger partial charge is 0.351 e. The molecule has 0 fully saturated rings. The number of rotatable bonds is 3. The van der Waals surface area contributed by atoms with Crippen LogP contribution in [0.25, 0.3) is 0 Å². The Labute approximate surface area is 96.0 Å². The summed E-state index contributed by atoms with van der Waals surface area (Å²) in [4.78, 5) is 11.5. The fraction of sp³-hybridized carbons (Fsp3) is 0.182. The molecule has 1 aromatic carbocycles. The predicted molar refractivity (Wildman–Crippen MR) is 59.9 cm³/mol. The Bertz CT molecular complexity index is 412. The van der Waals surface area contributed by atoms with Crippen molar-refractivity contribution in [3.63, 3.8) is 0 Å². The molecule has 0 spiro atoms. The maximum absolute atomic E-state index is 13.4. The predicted octanol–water partition coefficient (Wildman–Crippen LogP) is 2.34. The zero-order valence-corrected chi connectivity index (χ0v) is 9.47. The molecule has 0 saturated carbocycles. The molecule has 78 valence electrons. The number of carbonyl (C=O) groups excluding carboxylic acids is 1. The summed E-state index contributed by atoms with van der Waals surface area (Å²) >= 11 is 3.01. The summed E-state index contributed by atoms with van der Waals surface area (Å²) in [5.74, 6) is 1.37. The van der Waals surface area contributed by atoms with E-state index in [4.69, 9.17) is 6.42 Å². The van der Waals surface area contributed by atoms with E-state index >= 15 is 0 Å². The molecule has 1 rings (SSSR count). The van der Waals surface area contributed by atoms with Gasteiger partial charge >= 0.3 is 0 Å². The van der Waals surface area contributed by atoms with Gasteiger partial charge in [-0.05, 0) is 28.1 Å². The molecule has 0 saturated heterocycles. The first-order valence-corrected chi connectivity index (χ1v) is 5.11. The van der Waals surface area contributed by atoms with Crippen LogP contribution >= 0.6 is 15.9 Å². The topological polar surface area (TPSA) is 29.1 Å². The Morgan fingerprint density at radius 1 is 1.60 bits per heavy atom. The highest BCUT2D eigenvalue weighted by Crippen LogP contribution is 2.18. The maximum Gasteiger partial charge on any atom is 0.254 e. The van der Waals surface area contributed by atoms with E-state index in [1.807, 2.05) is 0 Å². The smallest absolute Gasteiger partial charge is 0.254 e. The SMILES string of the molecule is C#CCCNC(=O)c1cccc(Br)c1F. The summed E-state index contributed by atoms with van der Waals surface area (Å²) in [6, 6.07) is 4.56. The minimum atomic E-state index is -0.560. The van der Waals surface area contributed by atoms with Crippen LogP contribution in [0.5, 0.6) is 0 Å². The average molecular weight is 270 g/mol. The van der Waals surface area contributed by atoms with Gasteiger partial charge < -0.3 is 5.32 Å². The third-order valence-corrected chi connectivity index (χ3v) is 2.36. The van der Waals surface area contributed by atoms with E-state index in [9.17, 15) is 9.18 Å². The van der Waals surface area contributed by atoms with Gasteiger partial charge in [0.25, 0.3) is 5.91 Å². The van der Waals surface area contributed by atoms with Gasteiger partial charge in [0.05, 0.1) is 10.0 Å². The van der Waals surface area contributed by atoms with E-state index < -0.39 is 11.7 Å². The Hall–Kier alpha value is -1.34. The zero-order valence-electron chi connectivity index (χ0n) is 7.89. The first-order chi connectivity index (χ1) is 7.16. The van der Waals surface area contributed by atoms with Crippen molar-refractivity contribution in [3.8, 4) is 12.3 Å². The molecule has 0 atom stereocenters. The van der Waals surface area contributed by atoms with Gasteiger partial charge in [0.1, 0.15) is 5.82 Å². The fourth-order valence-corrected chi connectivity index (χ4v) is 1.39. The van der Waals surface area contributed by atoms with E-state index in [-0.39, 0.29) is 10.0 Å². The fourth-order valence-electron chi connectivity index (χ4n) is 1.02. The van der Waals surface area contributed by atoms with Gasteiger partial charge in [0.2, 0.25) is 0 Å². The minimum Gasteiger partial charge on any atom is -0.351 e. The number of hydrogen-bond acceptors (Lipinski definition) is 1. The Morgan fingerprint density at radius 3 is 3.00 bits per heavy atom. The highest BCUT2D eigenvalue weighted by Gasteiger charge is 2.12. The monoisotopic (exact) mass is 269 g/mol. The molecule has 1 aromatic rings. The standard InChI is InChI=1S/C11H9BrFNO/c1-2-3-7-14-11(15)8-5-4-6-9(12)10(8)13/h1,4-6H,3,7H2,(H,14,15). The van der Waals surface area contributed by atoms with E-state index in [0.29, 0.717) is 13.0 Å². The molecule has 0 aliphatic carbocycles. The third-order valence-electron chi connectivity index (χ3n) is 1.75. The van der Waals surface area contributed by atoms with E-state index in [2.05, 4.69) is 27.2 Å². The average Bonchev–Trinajstić information content (AvgIpc) is 2.22. The first kappa shape index (κ1) is 11.7. The highest BCUT2D eigenvalue weighted by atomic mass is 79.9. The molecular weight excluding hydrogens is 261 g/mol. The van der Waals surface area contributed by atoms with Gasteiger partial charge in [0, 0.05) is 13.0 Å². The summed E-state index contributed by atoms with van der Waals surface area (Å²) in [6.07, 6.45) is 5.46. The van der Waals surface area contributed by atoms with Crippen molar-refractivity contribution < 1.29 is 9.18 Å². The lowest BCUT2D eigenvalue weighted by atomic mass is 10.2. The lowest BCUT2D eigenvalue weighted by molar-refractivity contribution is 0.0950. The lowest BCUT2D eigenvalue weighted by Crippen LogP contribution is -2.25. The van der Waals surface area contributed by atoms with E-state index in [1.54, 1.807) is 6.07 Å². The number of terminal acetylenes is 1. The summed E-state index contributed by atoms with van der Waals surface area (Å²) in [5.41, 5.74) is 0.0152. The highest BCUT2D eigenvalue weighted by molar-refractivity contribution is 9.10. The number of benzene rings is 1. The molecule has 1 N–H and O–H groups in total.